The van der Waals surface area contributed by atoms with Crippen molar-refractivity contribution in [2.24, 2.45) is 0 Å². The van der Waals surface area contributed by atoms with Gasteiger partial charge in [-0.25, -0.2) is 9.78 Å². The SMILES string of the molecule is CNc1nccc2cc(C3CCCN3C(=O)OC(C)(C)C)ccc12. The molecule has 1 saturated heterocycles. The summed E-state index contributed by atoms with van der Waals surface area (Å²) in [5, 5.41) is 5.33. The first-order valence-electron chi connectivity index (χ1n) is 8.45. The summed E-state index contributed by atoms with van der Waals surface area (Å²) in [5.41, 5.74) is 0.681. The van der Waals surface area contributed by atoms with Crippen LogP contribution in [-0.2, 0) is 4.74 Å². The smallest absolute Gasteiger partial charge is 0.410 e. The van der Waals surface area contributed by atoms with Gasteiger partial charge in [-0.15, -0.1) is 0 Å². The fraction of sp³-hybridized carbons (Fsp3) is 0.474. The van der Waals surface area contributed by atoms with Gasteiger partial charge in [0, 0.05) is 25.2 Å². The second-order valence-electron chi connectivity index (χ2n) is 7.22. The molecule has 1 fully saturated rings. The highest BCUT2D eigenvalue weighted by Crippen LogP contribution is 2.35. The summed E-state index contributed by atoms with van der Waals surface area (Å²) in [6.45, 7) is 6.45. The van der Waals surface area contributed by atoms with Gasteiger partial charge >= 0.3 is 6.09 Å². The lowest BCUT2D eigenvalue weighted by Gasteiger charge is -2.29. The molecule has 5 nitrogen and oxygen atoms in total. The van der Waals surface area contributed by atoms with Crippen LogP contribution in [0.15, 0.2) is 30.5 Å². The third kappa shape index (κ3) is 3.30. The van der Waals surface area contributed by atoms with Crippen molar-refractivity contribution in [2.45, 2.75) is 45.3 Å². The number of nitrogens with zero attached hydrogens (tertiary/aromatic N) is 2. The molecule has 128 valence electrons. The Morgan fingerprint density at radius 3 is 2.83 bits per heavy atom. The minimum atomic E-state index is -0.471. The van der Waals surface area contributed by atoms with Crippen molar-refractivity contribution < 1.29 is 9.53 Å². The number of pyridine rings is 1. The number of benzene rings is 1. The Kier molecular flexibility index (Phi) is 4.35. The molecule has 1 unspecified atom stereocenters. The van der Waals surface area contributed by atoms with Crippen LogP contribution in [0.1, 0.15) is 45.2 Å². The van der Waals surface area contributed by atoms with E-state index in [-0.39, 0.29) is 12.1 Å². The highest BCUT2D eigenvalue weighted by atomic mass is 16.6. The topological polar surface area (TPSA) is 54.5 Å². The molecule has 0 aliphatic carbocycles. The first-order valence-corrected chi connectivity index (χ1v) is 8.45. The number of hydrogen-bond acceptors (Lipinski definition) is 4. The number of likely N-dealkylation sites (tertiary alicyclic amines) is 1. The van der Waals surface area contributed by atoms with Gasteiger partial charge < -0.3 is 15.0 Å². The normalized spacial score (nSPS) is 18.0. The number of anilines is 1. The van der Waals surface area contributed by atoms with Crippen LogP contribution < -0.4 is 5.32 Å². The quantitative estimate of drug-likeness (QED) is 0.891. The number of rotatable bonds is 2. The van der Waals surface area contributed by atoms with E-state index in [1.165, 1.54) is 0 Å². The molecule has 0 bridgehead atoms. The van der Waals surface area contributed by atoms with Gasteiger partial charge in [0.25, 0.3) is 0 Å². The number of carbonyl (C=O) groups is 1. The molecule has 0 radical (unpaired) electrons. The summed E-state index contributed by atoms with van der Waals surface area (Å²) < 4.78 is 5.56. The lowest BCUT2D eigenvalue weighted by atomic mass is 10.0. The van der Waals surface area contributed by atoms with Crippen molar-refractivity contribution in [3.8, 4) is 0 Å². The van der Waals surface area contributed by atoms with Gasteiger partial charge in [-0.05, 0) is 56.7 Å². The van der Waals surface area contributed by atoms with E-state index in [9.17, 15) is 4.79 Å². The van der Waals surface area contributed by atoms with Gasteiger partial charge in [-0.1, -0.05) is 12.1 Å². The van der Waals surface area contributed by atoms with E-state index in [2.05, 4.69) is 28.5 Å². The predicted molar refractivity (Wildman–Crippen MR) is 96.2 cm³/mol. The molecule has 5 heteroatoms. The van der Waals surface area contributed by atoms with Crippen LogP contribution in [0.25, 0.3) is 10.8 Å². The molecular weight excluding hydrogens is 302 g/mol. The molecule has 1 amide bonds. The Balaban J connectivity index is 1.90. The average Bonchev–Trinajstić information content (AvgIpc) is 3.02. The van der Waals surface area contributed by atoms with Gasteiger partial charge in [0.15, 0.2) is 0 Å². The highest BCUT2D eigenvalue weighted by Gasteiger charge is 2.33. The molecule has 24 heavy (non-hydrogen) atoms. The van der Waals surface area contributed by atoms with Gasteiger partial charge in [-0.3, -0.25) is 0 Å². The number of amides is 1. The standard InChI is InChI=1S/C19H25N3O2/c1-19(2,3)24-18(23)22-11-5-6-16(22)14-7-8-15-13(12-14)9-10-21-17(15)20-4/h7-10,12,16H,5-6,11H2,1-4H3,(H,20,21). The summed E-state index contributed by atoms with van der Waals surface area (Å²) in [4.78, 5) is 18.7. The first kappa shape index (κ1) is 16.6. The molecule has 0 spiro atoms. The molecule has 1 N–H and O–H groups in total. The molecular formula is C19H25N3O2. The van der Waals surface area contributed by atoms with Gasteiger partial charge in [0.05, 0.1) is 6.04 Å². The lowest BCUT2D eigenvalue weighted by Crippen LogP contribution is -2.36. The Labute approximate surface area is 143 Å². The molecule has 3 rings (SSSR count). The van der Waals surface area contributed by atoms with Gasteiger partial charge in [0.2, 0.25) is 0 Å². The number of fused-ring (bicyclic) bond motifs is 1. The van der Waals surface area contributed by atoms with Crippen molar-refractivity contribution in [3.05, 3.63) is 36.0 Å². The molecule has 2 heterocycles. The molecule has 1 aromatic carbocycles. The number of carbonyl (C=O) groups excluding carboxylic acids is 1. The minimum absolute atomic E-state index is 0.0791. The Morgan fingerprint density at radius 2 is 2.12 bits per heavy atom. The Bertz CT molecular complexity index is 752. The number of hydrogen-bond donors (Lipinski definition) is 1. The monoisotopic (exact) mass is 327 g/mol. The molecule has 2 aromatic rings. The largest absolute Gasteiger partial charge is 0.444 e. The van der Waals surface area contributed by atoms with Crippen molar-refractivity contribution >= 4 is 22.7 Å². The van der Waals surface area contributed by atoms with Crippen molar-refractivity contribution in [2.75, 3.05) is 18.9 Å². The lowest BCUT2D eigenvalue weighted by molar-refractivity contribution is 0.0224. The molecule has 1 aromatic heterocycles. The van der Waals surface area contributed by atoms with Crippen molar-refractivity contribution in [3.63, 3.8) is 0 Å². The zero-order valence-electron chi connectivity index (χ0n) is 14.8. The maximum absolute atomic E-state index is 12.5. The predicted octanol–water partition coefficient (Wildman–Crippen LogP) is 4.35. The molecule has 1 aliphatic rings. The van der Waals surface area contributed by atoms with Crippen LogP contribution in [0.2, 0.25) is 0 Å². The number of nitrogens with one attached hydrogen (secondary N) is 1. The Hall–Kier alpha value is -2.30. The third-order valence-electron chi connectivity index (χ3n) is 4.29. The van der Waals surface area contributed by atoms with E-state index < -0.39 is 5.60 Å². The number of aromatic nitrogens is 1. The zero-order chi connectivity index (χ0) is 17.3. The van der Waals surface area contributed by atoms with E-state index in [0.29, 0.717) is 0 Å². The molecule has 1 atom stereocenters. The summed E-state index contributed by atoms with van der Waals surface area (Å²) in [5.74, 6) is 0.870. The fourth-order valence-electron chi connectivity index (χ4n) is 3.26. The maximum atomic E-state index is 12.5. The zero-order valence-corrected chi connectivity index (χ0v) is 14.8. The Morgan fingerprint density at radius 1 is 1.33 bits per heavy atom. The molecule has 1 aliphatic heterocycles. The van der Waals surface area contributed by atoms with E-state index in [1.54, 1.807) is 6.20 Å². The fourth-order valence-corrected chi connectivity index (χ4v) is 3.26. The second-order valence-corrected chi connectivity index (χ2v) is 7.22. The molecule has 0 saturated carbocycles. The highest BCUT2D eigenvalue weighted by molar-refractivity contribution is 5.92. The summed E-state index contributed by atoms with van der Waals surface area (Å²) in [7, 11) is 1.87. The number of ether oxygens (including phenoxy) is 1. The van der Waals surface area contributed by atoms with Crippen LogP contribution in [-0.4, -0.2) is 35.2 Å². The maximum Gasteiger partial charge on any atom is 0.410 e. The third-order valence-corrected chi connectivity index (χ3v) is 4.29. The van der Waals surface area contributed by atoms with Crippen molar-refractivity contribution in [1.29, 1.82) is 0 Å². The van der Waals surface area contributed by atoms with Crippen LogP contribution in [0.3, 0.4) is 0 Å². The summed E-state index contributed by atoms with van der Waals surface area (Å²) >= 11 is 0. The van der Waals surface area contributed by atoms with Crippen LogP contribution >= 0.6 is 0 Å². The van der Waals surface area contributed by atoms with Crippen LogP contribution in [0.5, 0.6) is 0 Å². The van der Waals surface area contributed by atoms with Gasteiger partial charge in [-0.2, -0.15) is 0 Å². The van der Waals surface area contributed by atoms with Crippen molar-refractivity contribution in [1.82, 2.24) is 9.88 Å². The first-order chi connectivity index (χ1) is 11.4. The average molecular weight is 327 g/mol. The van der Waals surface area contributed by atoms with E-state index in [4.69, 9.17) is 4.74 Å². The van der Waals surface area contributed by atoms with Crippen LogP contribution in [0, 0.1) is 0 Å². The summed E-state index contributed by atoms with van der Waals surface area (Å²) in [6, 6.07) is 8.42. The van der Waals surface area contributed by atoms with Crippen LogP contribution in [0.4, 0.5) is 10.6 Å². The van der Waals surface area contributed by atoms with E-state index in [1.807, 2.05) is 38.8 Å². The van der Waals surface area contributed by atoms with E-state index >= 15 is 0 Å². The van der Waals surface area contributed by atoms with E-state index in [0.717, 1.165) is 41.5 Å². The van der Waals surface area contributed by atoms with Gasteiger partial charge in [0.1, 0.15) is 11.4 Å². The minimum Gasteiger partial charge on any atom is -0.444 e. The summed E-state index contributed by atoms with van der Waals surface area (Å²) in [6.07, 6.45) is 3.54. The second kappa shape index (κ2) is 6.30.